The third-order valence-electron chi connectivity index (χ3n) is 5.55. The zero-order chi connectivity index (χ0) is 19.7. The first-order valence-corrected chi connectivity index (χ1v) is 11.5. The van der Waals surface area contributed by atoms with E-state index in [0.29, 0.717) is 19.5 Å². The fourth-order valence-corrected chi connectivity index (χ4v) is 3.83. The van der Waals surface area contributed by atoms with Gasteiger partial charge in [-0.2, -0.15) is 13.5 Å². The monoisotopic (exact) mass is 415 g/mol. The van der Waals surface area contributed by atoms with Gasteiger partial charge in [0.05, 0.1) is 0 Å². The third kappa shape index (κ3) is 11.9. The van der Waals surface area contributed by atoms with Crippen molar-refractivity contribution in [1.82, 2.24) is 10.2 Å². The lowest BCUT2D eigenvalue weighted by atomic mass is 10.00. The van der Waals surface area contributed by atoms with Crippen LogP contribution in [0.3, 0.4) is 0 Å². The van der Waals surface area contributed by atoms with E-state index in [2.05, 4.69) is 12.2 Å². The van der Waals surface area contributed by atoms with E-state index >= 15 is 0 Å². The van der Waals surface area contributed by atoms with E-state index in [0.717, 1.165) is 57.9 Å². The Bertz CT molecular complexity index is 407. The van der Waals surface area contributed by atoms with Crippen LogP contribution < -0.4 is 11.1 Å². The Labute approximate surface area is 180 Å². The van der Waals surface area contributed by atoms with Crippen LogP contribution in [0.2, 0.25) is 0 Å². The molecule has 28 heavy (non-hydrogen) atoms. The van der Waals surface area contributed by atoms with Crippen LogP contribution in [0.4, 0.5) is 0 Å². The number of unbranched alkanes of at least 4 members (excludes halogenated alkanes) is 9. The molecule has 0 saturated carbocycles. The number of hydrogen-bond acceptors (Lipinski definition) is 3. The molecule has 0 bridgehead atoms. The summed E-state index contributed by atoms with van der Waals surface area (Å²) in [7, 11) is 0. The second-order valence-electron chi connectivity index (χ2n) is 7.96. The summed E-state index contributed by atoms with van der Waals surface area (Å²) in [5.74, 6) is 0.204. The van der Waals surface area contributed by atoms with Gasteiger partial charge in [0.15, 0.2) is 0 Å². The average molecular weight is 416 g/mol. The van der Waals surface area contributed by atoms with Crippen molar-refractivity contribution in [2.75, 3.05) is 19.6 Å². The second kappa shape index (κ2) is 18.3. The number of rotatable bonds is 15. The molecular formula is C22H45N3O2S. The largest absolute Gasteiger partial charge is 0.354 e. The molecule has 1 fully saturated rings. The maximum absolute atomic E-state index is 12.6. The summed E-state index contributed by atoms with van der Waals surface area (Å²) >= 11 is 0. The molecule has 1 heterocycles. The first-order valence-electron chi connectivity index (χ1n) is 11.5. The Kier molecular flexibility index (Phi) is 17.8. The van der Waals surface area contributed by atoms with Crippen LogP contribution >= 0.6 is 13.5 Å². The quantitative estimate of drug-likeness (QED) is 0.392. The minimum absolute atomic E-state index is 0. The van der Waals surface area contributed by atoms with Gasteiger partial charge in [-0.25, -0.2) is 0 Å². The summed E-state index contributed by atoms with van der Waals surface area (Å²) in [6.45, 7) is 4.37. The van der Waals surface area contributed by atoms with Gasteiger partial charge in [-0.15, -0.1) is 0 Å². The number of hydrogen-bond donors (Lipinski definition) is 2. The highest BCUT2D eigenvalue weighted by atomic mass is 32.1. The fraction of sp³-hybridized carbons (Fsp3) is 0.909. The number of amides is 2. The van der Waals surface area contributed by atoms with Crippen molar-refractivity contribution in [3.8, 4) is 0 Å². The zero-order valence-electron chi connectivity index (χ0n) is 18.1. The first-order chi connectivity index (χ1) is 13.2. The zero-order valence-corrected chi connectivity index (χ0v) is 19.1. The maximum Gasteiger partial charge on any atom is 0.242 e. The second-order valence-corrected chi connectivity index (χ2v) is 7.96. The minimum atomic E-state index is -0.255. The number of carbonyl (C=O) groups excluding carboxylic acids is 2. The molecule has 6 heteroatoms. The molecule has 1 aliphatic rings. The van der Waals surface area contributed by atoms with E-state index in [9.17, 15) is 9.59 Å². The van der Waals surface area contributed by atoms with E-state index < -0.39 is 0 Å². The normalized spacial score (nSPS) is 16.5. The van der Waals surface area contributed by atoms with Gasteiger partial charge >= 0.3 is 0 Å². The van der Waals surface area contributed by atoms with Crippen LogP contribution in [0, 0.1) is 0 Å². The van der Waals surface area contributed by atoms with Crippen molar-refractivity contribution in [2.45, 2.75) is 109 Å². The van der Waals surface area contributed by atoms with Gasteiger partial charge < -0.3 is 16.0 Å². The Balaban J connectivity index is 0.00000729. The van der Waals surface area contributed by atoms with E-state index in [1.165, 1.54) is 38.5 Å². The van der Waals surface area contributed by atoms with Gasteiger partial charge in [0.2, 0.25) is 11.8 Å². The summed E-state index contributed by atoms with van der Waals surface area (Å²) in [6.07, 6.45) is 16.3. The van der Waals surface area contributed by atoms with E-state index in [1.807, 2.05) is 4.90 Å². The molecule has 1 rings (SSSR count). The highest BCUT2D eigenvalue weighted by Crippen LogP contribution is 2.19. The highest BCUT2D eigenvalue weighted by Gasteiger charge is 2.31. The van der Waals surface area contributed by atoms with Crippen molar-refractivity contribution < 1.29 is 9.59 Å². The number of carbonyl (C=O) groups is 2. The fourth-order valence-electron chi connectivity index (χ4n) is 3.83. The Hall–Kier alpha value is -0.750. The van der Waals surface area contributed by atoms with Crippen LogP contribution in [-0.4, -0.2) is 42.4 Å². The Morgan fingerprint density at radius 3 is 2.25 bits per heavy atom. The molecule has 1 atom stereocenters. The molecular weight excluding hydrogens is 370 g/mol. The molecule has 1 unspecified atom stereocenters. The summed E-state index contributed by atoms with van der Waals surface area (Å²) in [5, 5.41) is 3.02. The number of piperidine rings is 1. The minimum Gasteiger partial charge on any atom is -0.354 e. The SMILES string of the molecule is CCCCCCCCCCC(=O)N1CCCCC1C(=O)NCCCCCN.S. The number of nitrogens with one attached hydrogen (secondary N) is 1. The van der Waals surface area contributed by atoms with Crippen LogP contribution in [-0.2, 0) is 9.59 Å². The van der Waals surface area contributed by atoms with Crippen molar-refractivity contribution >= 4 is 25.3 Å². The lowest BCUT2D eigenvalue weighted by Crippen LogP contribution is -2.52. The maximum atomic E-state index is 12.6. The standard InChI is InChI=1S/C22H43N3O2.H2S/c1-2-3-4-5-6-7-8-10-16-21(26)25-19-14-11-15-20(25)22(27)24-18-13-9-12-17-23;/h20H,2-19,23H2,1H3,(H,24,27);1H2. The Morgan fingerprint density at radius 1 is 0.929 bits per heavy atom. The molecule has 5 nitrogen and oxygen atoms in total. The van der Waals surface area contributed by atoms with Crippen molar-refractivity contribution in [3.05, 3.63) is 0 Å². The van der Waals surface area contributed by atoms with Gasteiger partial charge in [0.1, 0.15) is 6.04 Å². The molecule has 1 saturated heterocycles. The third-order valence-corrected chi connectivity index (χ3v) is 5.55. The van der Waals surface area contributed by atoms with Crippen LogP contribution in [0.25, 0.3) is 0 Å². The first kappa shape index (κ1) is 27.2. The number of nitrogens with two attached hydrogens (primary N) is 1. The Morgan fingerprint density at radius 2 is 1.57 bits per heavy atom. The van der Waals surface area contributed by atoms with Crippen molar-refractivity contribution in [1.29, 1.82) is 0 Å². The molecule has 0 aromatic rings. The number of likely N-dealkylation sites (tertiary alicyclic amines) is 1. The van der Waals surface area contributed by atoms with E-state index in [1.54, 1.807) is 0 Å². The predicted molar refractivity (Wildman–Crippen MR) is 123 cm³/mol. The molecule has 0 aliphatic carbocycles. The van der Waals surface area contributed by atoms with Crippen LogP contribution in [0.5, 0.6) is 0 Å². The van der Waals surface area contributed by atoms with E-state index in [-0.39, 0.29) is 31.4 Å². The van der Waals surface area contributed by atoms with Gasteiger partial charge in [0.25, 0.3) is 0 Å². The molecule has 3 N–H and O–H groups in total. The smallest absolute Gasteiger partial charge is 0.242 e. The molecule has 2 amide bonds. The number of nitrogens with zero attached hydrogens (tertiary/aromatic N) is 1. The molecule has 0 aromatic heterocycles. The van der Waals surface area contributed by atoms with Gasteiger partial charge in [-0.05, 0) is 45.1 Å². The van der Waals surface area contributed by atoms with Crippen LogP contribution in [0.15, 0.2) is 0 Å². The predicted octanol–water partition coefficient (Wildman–Crippen LogP) is 4.26. The van der Waals surface area contributed by atoms with Gasteiger partial charge in [0, 0.05) is 19.5 Å². The molecule has 0 aromatic carbocycles. The lowest BCUT2D eigenvalue weighted by molar-refractivity contribution is -0.142. The summed E-state index contributed by atoms with van der Waals surface area (Å²) in [6, 6.07) is -0.255. The molecule has 0 radical (unpaired) electrons. The molecule has 0 spiro atoms. The van der Waals surface area contributed by atoms with Crippen molar-refractivity contribution in [3.63, 3.8) is 0 Å². The molecule has 166 valence electrons. The topological polar surface area (TPSA) is 75.4 Å². The summed E-state index contributed by atoms with van der Waals surface area (Å²) < 4.78 is 0. The molecule has 1 aliphatic heterocycles. The van der Waals surface area contributed by atoms with E-state index in [4.69, 9.17) is 5.73 Å². The van der Waals surface area contributed by atoms with Gasteiger partial charge in [-0.3, -0.25) is 9.59 Å². The van der Waals surface area contributed by atoms with Crippen molar-refractivity contribution in [2.24, 2.45) is 5.73 Å². The van der Waals surface area contributed by atoms with Gasteiger partial charge in [-0.1, -0.05) is 58.3 Å². The summed E-state index contributed by atoms with van der Waals surface area (Å²) in [5.41, 5.74) is 5.49. The highest BCUT2D eigenvalue weighted by molar-refractivity contribution is 7.59. The average Bonchev–Trinajstić information content (AvgIpc) is 2.69. The summed E-state index contributed by atoms with van der Waals surface area (Å²) in [4.78, 5) is 27.0. The van der Waals surface area contributed by atoms with Crippen LogP contribution in [0.1, 0.15) is 103 Å². The lowest BCUT2D eigenvalue weighted by Gasteiger charge is -2.35.